The average molecular weight is 278 g/mol. The molecule has 0 unspecified atom stereocenters. The largest absolute Gasteiger partial charge is 0.347 e. The van der Waals surface area contributed by atoms with Crippen molar-refractivity contribution in [1.29, 1.82) is 0 Å². The minimum Gasteiger partial charge on any atom is -0.347 e. The summed E-state index contributed by atoms with van der Waals surface area (Å²) in [7, 11) is 3.34. The van der Waals surface area contributed by atoms with Crippen molar-refractivity contribution in [2.45, 2.75) is 19.9 Å². The average Bonchev–Trinajstić information content (AvgIpc) is 2.46. The zero-order chi connectivity index (χ0) is 15.1. The lowest BCUT2D eigenvalue weighted by Crippen LogP contribution is -2.41. The molecule has 1 aromatic heterocycles. The highest BCUT2D eigenvalue weighted by atomic mass is 16.2. The molecule has 0 aromatic carbocycles. The molecule has 2 N–H and O–H groups in total. The van der Waals surface area contributed by atoms with Crippen molar-refractivity contribution in [1.82, 2.24) is 14.8 Å². The number of carbonyl (C=O) groups is 2. The van der Waals surface area contributed by atoms with E-state index in [0.29, 0.717) is 18.8 Å². The summed E-state index contributed by atoms with van der Waals surface area (Å²) in [5.41, 5.74) is 6.70. The van der Waals surface area contributed by atoms with Crippen molar-refractivity contribution in [3.05, 3.63) is 29.6 Å². The van der Waals surface area contributed by atoms with Crippen molar-refractivity contribution in [3.63, 3.8) is 0 Å². The summed E-state index contributed by atoms with van der Waals surface area (Å²) in [6.07, 6.45) is 2.37. The molecule has 0 radical (unpaired) electrons. The molecular weight excluding hydrogens is 256 g/mol. The molecule has 0 bridgehead atoms. The first-order valence-electron chi connectivity index (χ1n) is 6.64. The van der Waals surface area contributed by atoms with Crippen LogP contribution in [0.1, 0.15) is 29.4 Å². The van der Waals surface area contributed by atoms with Crippen LogP contribution in [0, 0.1) is 0 Å². The highest BCUT2D eigenvalue weighted by Crippen LogP contribution is 2.05. The Morgan fingerprint density at radius 1 is 1.30 bits per heavy atom. The molecule has 0 saturated carbocycles. The lowest BCUT2D eigenvalue weighted by Gasteiger charge is -2.23. The fraction of sp³-hybridized carbons (Fsp3) is 0.500. The first-order chi connectivity index (χ1) is 9.49. The molecular formula is C14H22N4O2. The third-order valence-corrected chi connectivity index (χ3v) is 2.89. The monoisotopic (exact) mass is 278 g/mol. The maximum atomic E-state index is 12.4. The third-order valence-electron chi connectivity index (χ3n) is 2.89. The number of rotatable bonds is 6. The van der Waals surface area contributed by atoms with Gasteiger partial charge in [-0.25, -0.2) is 0 Å². The number of amides is 2. The zero-order valence-electron chi connectivity index (χ0n) is 12.3. The van der Waals surface area contributed by atoms with Crippen LogP contribution in [-0.2, 0) is 11.3 Å². The standard InChI is InChI=1S/C14H22N4O2/c1-4-7-18(10-13(19)17(2)3)14(20)12-6-5-11(8-15)9-16-12/h5-6,9H,4,7-8,10,15H2,1-3H3. The van der Waals surface area contributed by atoms with Gasteiger partial charge in [-0.15, -0.1) is 0 Å². The summed E-state index contributed by atoms with van der Waals surface area (Å²) in [6, 6.07) is 3.42. The molecule has 6 heteroatoms. The molecule has 6 nitrogen and oxygen atoms in total. The van der Waals surface area contributed by atoms with Gasteiger partial charge in [0.2, 0.25) is 5.91 Å². The fourth-order valence-corrected chi connectivity index (χ4v) is 1.66. The number of pyridine rings is 1. The van der Waals surface area contributed by atoms with Gasteiger partial charge in [-0.1, -0.05) is 13.0 Å². The van der Waals surface area contributed by atoms with Gasteiger partial charge in [-0.05, 0) is 18.1 Å². The second-order valence-electron chi connectivity index (χ2n) is 4.77. The molecule has 0 aliphatic rings. The molecule has 0 aliphatic carbocycles. The number of carbonyl (C=O) groups excluding carboxylic acids is 2. The van der Waals surface area contributed by atoms with E-state index in [1.165, 1.54) is 9.80 Å². The van der Waals surface area contributed by atoms with E-state index in [1.54, 1.807) is 32.4 Å². The predicted octanol–water partition coefficient (Wildman–Crippen LogP) is 0.481. The molecule has 0 atom stereocenters. The molecule has 2 amide bonds. The van der Waals surface area contributed by atoms with Crippen LogP contribution in [0.15, 0.2) is 18.3 Å². The Balaban J connectivity index is 2.84. The van der Waals surface area contributed by atoms with Gasteiger partial charge in [-0.3, -0.25) is 14.6 Å². The third kappa shape index (κ3) is 4.31. The van der Waals surface area contributed by atoms with Crippen molar-refractivity contribution in [2.24, 2.45) is 5.73 Å². The Morgan fingerprint density at radius 3 is 2.45 bits per heavy atom. The van der Waals surface area contributed by atoms with Gasteiger partial charge in [0.15, 0.2) is 0 Å². The highest BCUT2D eigenvalue weighted by molar-refractivity contribution is 5.94. The van der Waals surface area contributed by atoms with Gasteiger partial charge in [0.05, 0.1) is 0 Å². The van der Waals surface area contributed by atoms with Gasteiger partial charge < -0.3 is 15.5 Å². The summed E-state index contributed by atoms with van der Waals surface area (Å²) in [5, 5.41) is 0. The minimum absolute atomic E-state index is 0.0694. The summed E-state index contributed by atoms with van der Waals surface area (Å²) >= 11 is 0. The first kappa shape index (κ1) is 16.1. The van der Waals surface area contributed by atoms with E-state index in [4.69, 9.17) is 5.73 Å². The lowest BCUT2D eigenvalue weighted by molar-refractivity contribution is -0.129. The smallest absolute Gasteiger partial charge is 0.272 e. The maximum absolute atomic E-state index is 12.4. The van der Waals surface area contributed by atoms with E-state index < -0.39 is 0 Å². The minimum atomic E-state index is -0.231. The van der Waals surface area contributed by atoms with E-state index in [2.05, 4.69) is 4.98 Å². The molecule has 0 spiro atoms. The van der Waals surface area contributed by atoms with Crippen LogP contribution >= 0.6 is 0 Å². The normalized spacial score (nSPS) is 10.2. The van der Waals surface area contributed by atoms with Gasteiger partial charge in [0.25, 0.3) is 5.91 Å². The molecule has 0 fully saturated rings. The Labute approximate surface area is 119 Å². The van der Waals surface area contributed by atoms with Crippen LogP contribution in [0.5, 0.6) is 0 Å². The van der Waals surface area contributed by atoms with Crippen molar-refractivity contribution in [3.8, 4) is 0 Å². The Hall–Kier alpha value is -1.95. The molecule has 0 saturated heterocycles. The van der Waals surface area contributed by atoms with Crippen LogP contribution in [-0.4, -0.2) is 53.8 Å². The van der Waals surface area contributed by atoms with E-state index in [-0.39, 0.29) is 18.4 Å². The van der Waals surface area contributed by atoms with Crippen LogP contribution in [0.4, 0.5) is 0 Å². The van der Waals surface area contributed by atoms with Gasteiger partial charge >= 0.3 is 0 Å². The van der Waals surface area contributed by atoms with Crippen molar-refractivity contribution < 1.29 is 9.59 Å². The van der Waals surface area contributed by atoms with Crippen LogP contribution in [0.25, 0.3) is 0 Å². The molecule has 0 aliphatic heterocycles. The molecule has 1 rings (SSSR count). The first-order valence-corrected chi connectivity index (χ1v) is 6.64. The molecule has 20 heavy (non-hydrogen) atoms. The topological polar surface area (TPSA) is 79.5 Å². The Bertz CT molecular complexity index is 457. The summed E-state index contributed by atoms with van der Waals surface area (Å²) in [6.45, 7) is 2.95. The number of hydrogen-bond donors (Lipinski definition) is 1. The number of aromatic nitrogens is 1. The fourth-order valence-electron chi connectivity index (χ4n) is 1.66. The molecule has 1 aromatic rings. The SMILES string of the molecule is CCCN(CC(=O)N(C)C)C(=O)c1ccc(CN)cn1. The number of hydrogen-bond acceptors (Lipinski definition) is 4. The van der Waals surface area contributed by atoms with E-state index in [0.717, 1.165) is 12.0 Å². The van der Waals surface area contributed by atoms with Crippen LogP contribution < -0.4 is 5.73 Å². The predicted molar refractivity (Wildman–Crippen MR) is 77.0 cm³/mol. The summed E-state index contributed by atoms with van der Waals surface area (Å²) in [4.78, 5) is 31.2. The zero-order valence-corrected chi connectivity index (χ0v) is 12.3. The van der Waals surface area contributed by atoms with E-state index >= 15 is 0 Å². The maximum Gasteiger partial charge on any atom is 0.272 e. The number of nitrogens with two attached hydrogens (primary N) is 1. The van der Waals surface area contributed by atoms with Gasteiger partial charge in [-0.2, -0.15) is 0 Å². The number of likely N-dealkylation sites (N-methyl/N-ethyl adjacent to an activating group) is 1. The molecule has 1 heterocycles. The molecule has 110 valence electrons. The number of nitrogens with zero attached hydrogens (tertiary/aromatic N) is 3. The van der Waals surface area contributed by atoms with E-state index in [1.807, 2.05) is 6.92 Å². The Morgan fingerprint density at radius 2 is 2.00 bits per heavy atom. The summed E-state index contributed by atoms with van der Waals surface area (Å²) < 4.78 is 0. The highest BCUT2D eigenvalue weighted by Gasteiger charge is 2.19. The van der Waals surface area contributed by atoms with Crippen LogP contribution in [0.2, 0.25) is 0 Å². The quantitative estimate of drug-likeness (QED) is 0.821. The van der Waals surface area contributed by atoms with E-state index in [9.17, 15) is 9.59 Å². The van der Waals surface area contributed by atoms with Crippen LogP contribution in [0.3, 0.4) is 0 Å². The second-order valence-corrected chi connectivity index (χ2v) is 4.77. The van der Waals surface area contributed by atoms with Gasteiger partial charge in [0.1, 0.15) is 12.2 Å². The summed E-state index contributed by atoms with van der Waals surface area (Å²) in [5.74, 6) is -0.337. The van der Waals surface area contributed by atoms with Gasteiger partial charge in [0, 0.05) is 33.4 Å². The van der Waals surface area contributed by atoms with Crippen molar-refractivity contribution >= 4 is 11.8 Å². The lowest BCUT2D eigenvalue weighted by atomic mass is 10.2. The van der Waals surface area contributed by atoms with Crippen molar-refractivity contribution in [2.75, 3.05) is 27.2 Å². The Kier molecular flexibility index (Phi) is 6.11. The second kappa shape index (κ2) is 7.59.